The molecule has 0 amide bonds. The van der Waals surface area contributed by atoms with Crippen LogP contribution in [-0.4, -0.2) is 43.1 Å². The highest BCUT2D eigenvalue weighted by molar-refractivity contribution is 6.00. The van der Waals surface area contributed by atoms with Gasteiger partial charge in [0, 0.05) is 23.7 Å². The van der Waals surface area contributed by atoms with Gasteiger partial charge in [-0.3, -0.25) is 14.4 Å². The second kappa shape index (κ2) is 7.63. The fourth-order valence-electron chi connectivity index (χ4n) is 8.11. The molecule has 6 nitrogen and oxygen atoms in total. The Morgan fingerprint density at radius 1 is 1.14 bits per heavy atom. The third kappa shape index (κ3) is 2.95. The molecule has 35 heavy (non-hydrogen) atoms. The van der Waals surface area contributed by atoms with E-state index in [2.05, 4.69) is 31.2 Å². The number of rotatable bonds is 3. The summed E-state index contributed by atoms with van der Waals surface area (Å²) in [5.74, 6) is -1.25. The van der Waals surface area contributed by atoms with Gasteiger partial charge in [-0.25, -0.2) is 0 Å². The third-order valence-corrected chi connectivity index (χ3v) is 9.91. The molecule has 3 fully saturated rings. The van der Waals surface area contributed by atoms with Crippen LogP contribution in [0.4, 0.5) is 0 Å². The van der Waals surface area contributed by atoms with Crippen molar-refractivity contribution in [2.24, 2.45) is 28.6 Å². The second-order valence-corrected chi connectivity index (χ2v) is 11.4. The number of methoxy groups -OCH3 is 1. The van der Waals surface area contributed by atoms with Crippen molar-refractivity contribution >= 4 is 17.7 Å². The van der Waals surface area contributed by atoms with Crippen molar-refractivity contribution in [1.29, 1.82) is 0 Å². The number of ether oxygens (including phenoxy) is 3. The molecular weight excluding hydrogens is 444 g/mol. The lowest BCUT2D eigenvalue weighted by Crippen LogP contribution is -2.65. The van der Waals surface area contributed by atoms with Crippen LogP contribution in [0.3, 0.4) is 0 Å². The van der Waals surface area contributed by atoms with E-state index in [1.807, 2.05) is 19.9 Å². The average molecular weight is 477 g/mol. The first-order chi connectivity index (χ1) is 16.7. The second-order valence-electron chi connectivity index (χ2n) is 11.4. The van der Waals surface area contributed by atoms with Crippen molar-refractivity contribution in [1.82, 2.24) is 0 Å². The predicted molar refractivity (Wildman–Crippen MR) is 127 cm³/mol. The molecule has 1 aromatic carbocycles. The Balaban J connectivity index is 1.45. The number of ketones is 1. The van der Waals surface area contributed by atoms with E-state index in [0.717, 1.165) is 12.8 Å². The summed E-state index contributed by atoms with van der Waals surface area (Å²) in [4.78, 5) is 39.3. The van der Waals surface area contributed by atoms with Crippen molar-refractivity contribution in [3.63, 3.8) is 0 Å². The minimum absolute atomic E-state index is 0.0444. The number of carbonyl (C=O) groups is 3. The summed E-state index contributed by atoms with van der Waals surface area (Å²) < 4.78 is 17.9. The quantitative estimate of drug-likeness (QED) is 0.482. The maximum Gasteiger partial charge on any atom is 0.316 e. The highest BCUT2D eigenvalue weighted by Gasteiger charge is 2.73. The molecule has 2 saturated heterocycles. The molecule has 2 heterocycles. The van der Waals surface area contributed by atoms with E-state index in [0.29, 0.717) is 0 Å². The Kier molecular flexibility index (Phi) is 4.95. The van der Waals surface area contributed by atoms with Gasteiger partial charge in [-0.05, 0) is 55.7 Å². The maximum atomic E-state index is 13.5. The SMILES string of the molecule is COC(=O)C[C@H]1[C@@H]2CC3=C(C)[C@@H](c4ccccc4)C[C@@H]3O[C@@H]2[C@@H]2OC(=O)[C@]3(C)C=CC(=O)[C@@]1(C)[C@@H]23. The Labute approximate surface area is 205 Å². The molecule has 6 rings (SSSR count). The summed E-state index contributed by atoms with van der Waals surface area (Å²) in [7, 11) is 1.38. The lowest BCUT2D eigenvalue weighted by Gasteiger charge is -2.58. The fraction of sp³-hybridized carbons (Fsp3) is 0.552. The number of hydrogen-bond acceptors (Lipinski definition) is 6. The van der Waals surface area contributed by atoms with E-state index in [-0.39, 0.29) is 60.0 Å². The summed E-state index contributed by atoms with van der Waals surface area (Å²) in [6.07, 6.45) is 4.02. The summed E-state index contributed by atoms with van der Waals surface area (Å²) in [5.41, 5.74) is 2.02. The van der Waals surface area contributed by atoms with Gasteiger partial charge in [-0.1, -0.05) is 48.9 Å². The van der Waals surface area contributed by atoms with Crippen LogP contribution in [-0.2, 0) is 28.6 Å². The summed E-state index contributed by atoms with van der Waals surface area (Å²) in [6.45, 7) is 5.96. The van der Waals surface area contributed by atoms with Crippen LogP contribution in [0.25, 0.3) is 0 Å². The molecule has 0 unspecified atom stereocenters. The van der Waals surface area contributed by atoms with Gasteiger partial charge in [0.2, 0.25) is 0 Å². The molecule has 0 radical (unpaired) electrons. The van der Waals surface area contributed by atoms with Gasteiger partial charge in [-0.2, -0.15) is 0 Å². The molecule has 0 spiro atoms. The van der Waals surface area contributed by atoms with E-state index in [1.165, 1.54) is 29.9 Å². The standard InChI is InChI=1S/C29H32O6/c1-15-17(16-8-6-5-7-9-16)13-21-18(15)12-19-20(14-23(31)33-4)29(3)22(30)10-11-28(2)26(29)25(24(19)34-21)35-27(28)32/h5-11,17,19-21,24-26H,12-14H2,1-4H3/t17-,19-,20-,21-,24-,25-,26-,28+,29-/m0/s1. The van der Waals surface area contributed by atoms with Crippen LogP contribution in [0, 0.1) is 28.6 Å². The van der Waals surface area contributed by atoms with Crippen LogP contribution in [0.5, 0.6) is 0 Å². The van der Waals surface area contributed by atoms with Crippen molar-refractivity contribution in [2.45, 2.75) is 64.3 Å². The van der Waals surface area contributed by atoms with Gasteiger partial charge in [-0.15, -0.1) is 0 Å². The van der Waals surface area contributed by atoms with Gasteiger partial charge in [0.1, 0.15) is 6.10 Å². The lowest BCUT2D eigenvalue weighted by molar-refractivity contribution is -0.204. The maximum absolute atomic E-state index is 13.5. The highest BCUT2D eigenvalue weighted by atomic mass is 16.6. The number of fused-ring (bicyclic) bond motifs is 3. The molecule has 184 valence electrons. The van der Waals surface area contributed by atoms with Gasteiger partial charge in [0.25, 0.3) is 0 Å². The van der Waals surface area contributed by atoms with Crippen molar-refractivity contribution in [3.8, 4) is 0 Å². The monoisotopic (exact) mass is 476 g/mol. The normalized spacial score (nSPS) is 43.4. The first kappa shape index (κ1) is 22.7. The number of hydrogen-bond donors (Lipinski definition) is 0. The van der Waals surface area contributed by atoms with Gasteiger partial charge in [0.05, 0.1) is 24.7 Å². The fourth-order valence-corrected chi connectivity index (χ4v) is 8.11. The number of esters is 2. The van der Waals surface area contributed by atoms with Crippen LogP contribution in [0.15, 0.2) is 53.6 Å². The number of allylic oxidation sites excluding steroid dienone is 2. The van der Waals surface area contributed by atoms with E-state index >= 15 is 0 Å². The lowest BCUT2D eigenvalue weighted by atomic mass is 9.45. The molecule has 0 N–H and O–H groups in total. The molecule has 1 saturated carbocycles. The zero-order valence-corrected chi connectivity index (χ0v) is 20.7. The van der Waals surface area contributed by atoms with E-state index in [1.54, 1.807) is 6.08 Å². The van der Waals surface area contributed by atoms with Gasteiger partial charge in [0.15, 0.2) is 5.78 Å². The van der Waals surface area contributed by atoms with E-state index in [9.17, 15) is 14.4 Å². The van der Waals surface area contributed by atoms with Crippen LogP contribution < -0.4 is 0 Å². The molecule has 1 aromatic rings. The van der Waals surface area contributed by atoms with Gasteiger partial charge < -0.3 is 14.2 Å². The summed E-state index contributed by atoms with van der Waals surface area (Å²) in [6, 6.07) is 10.5. The first-order valence-corrected chi connectivity index (χ1v) is 12.6. The average Bonchev–Trinajstić information content (AvgIpc) is 3.33. The predicted octanol–water partition coefficient (Wildman–Crippen LogP) is 4.15. The minimum atomic E-state index is -0.919. The number of carbonyl (C=O) groups excluding carboxylic acids is 3. The van der Waals surface area contributed by atoms with E-state index in [4.69, 9.17) is 14.2 Å². The zero-order valence-electron chi connectivity index (χ0n) is 20.7. The Morgan fingerprint density at radius 3 is 2.60 bits per heavy atom. The van der Waals surface area contributed by atoms with Crippen LogP contribution in [0.1, 0.15) is 51.5 Å². The largest absolute Gasteiger partial charge is 0.469 e. The van der Waals surface area contributed by atoms with Crippen molar-refractivity contribution < 1.29 is 28.6 Å². The van der Waals surface area contributed by atoms with Gasteiger partial charge >= 0.3 is 11.9 Å². The third-order valence-electron chi connectivity index (χ3n) is 9.91. The number of benzene rings is 1. The van der Waals surface area contributed by atoms with Crippen LogP contribution in [0.2, 0.25) is 0 Å². The molecule has 9 atom stereocenters. The Hall–Kier alpha value is -2.73. The minimum Gasteiger partial charge on any atom is -0.469 e. The van der Waals surface area contributed by atoms with Crippen molar-refractivity contribution in [2.75, 3.05) is 7.11 Å². The molecular formula is C29H32O6. The molecule has 6 heteroatoms. The summed E-state index contributed by atoms with van der Waals surface area (Å²) in [5, 5.41) is 0. The topological polar surface area (TPSA) is 78.9 Å². The van der Waals surface area contributed by atoms with Crippen molar-refractivity contribution in [3.05, 3.63) is 59.2 Å². The zero-order chi connectivity index (χ0) is 24.7. The first-order valence-electron chi connectivity index (χ1n) is 12.6. The highest BCUT2D eigenvalue weighted by Crippen LogP contribution is 2.65. The Morgan fingerprint density at radius 2 is 1.89 bits per heavy atom. The molecule has 5 aliphatic rings. The smallest absolute Gasteiger partial charge is 0.316 e. The Bertz CT molecular complexity index is 1170. The molecule has 0 bridgehead atoms. The summed E-state index contributed by atoms with van der Waals surface area (Å²) >= 11 is 0. The van der Waals surface area contributed by atoms with E-state index < -0.39 is 16.9 Å². The molecule has 3 aliphatic carbocycles. The molecule has 0 aromatic heterocycles. The molecule has 2 aliphatic heterocycles. The van der Waals surface area contributed by atoms with Crippen LogP contribution >= 0.6 is 0 Å².